The van der Waals surface area contributed by atoms with E-state index in [-0.39, 0.29) is 23.3 Å². The number of carbonyl (C=O) groups is 1. The Morgan fingerprint density at radius 2 is 1.45 bits per heavy atom. The third-order valence-corrected chi connectivity index (χ3v) is 7.42. The molecule has 0 spiro atoms. The van der Waals surface area contributed by atoms with Gasteiger partial charge in [-0.1, -0.05) is 60.2 Å². The van der Waals surface area contributed by atoms with Gasteiger partial charge in [0.05, 0.1) is 10.9 Å². The van der Waals surface area contributed by atoms with Crippen molar-refractivity contribution in [3.63, 3.8) is 0 Å². The zero-order valence-corrected chi connectivity index (χ0v) is 20.7. The summed E-state index contributed by atoms with van der Waals surface area (Å²) in [5.74, 6) is -0.361. The summed E-state index contributed by atoms with van der Waals surface area (Å²) in [7, 11) is -3.87. The van der Waals surface area contributed by atoms with Gasteiger partial charge in [0.25, 0.3) is 0 Å². The van der Waals surface area contributed by atoms with Crippen LogP contribution >= 0.6 is 0 Å². The fraction of sp³-hybridized carbons (Fsp3) is 0.296. The van der Waals surface area contributed by atoms with E-state index in [0.717, 1.165) is 27.8 Å². The van der Waals surface area contributed by atoms with E-state index in [1.807, 2.05) is 58.0 Å². The molecule has 0 saturated carbocycles. The summed E-state index contributed by atoms with van der Waals surface area (Å²) in [4.78, 5) is 13.5. The molecule has 0 heterocycles. The molecule has 5 nitrogen and oxygen atoms in total. The first-order valence-corrected chi connectivity index (χ1v) is 12.6. The second-order valence-electron chi connectivity index (χ2n) is 8.70. The molecule has 0 saturated heterocycles. The fourth-order valence-electron chi connectivity index (χ4n) is 3.85. The highest BCUT2D eigenvalue weighted by molar-refractivity contribution is 7.89. The molecule has 2 atom stereocenters. The minimum absolute atomic E-state index is 0.136. The highest BCUT2D eigenvalue weighted by Crippen LogP contribution is 2.22. The Balaban J connectivity index is 1.86. The minimum Gasteiger partial charge on any atom is -0.348 e. The third-order valence-electron chi connectivity index (χ3n) is 5.94. The first-order chi connectivity index (χ1) is 15.6. The van der Waals surface area contributed by atoms with Gasteiger partial charge in [-0.05, 0) is 81.0 Å². The lowest BCUT2D eigenvalue weighted by Crippen LogP contribution is -2.48. The molecule has 33 heavy (non-hydrogen) atoms. The summed E-state index contributed by atoms with van der Waals surface area (Å²) in [6.07, 6.45) is 0.246. The van der Waals surface area contributed by atoms with E-state index >= 15 is 0 Å². The van der Waals surface area contributed by atoms with Crippen molar-refractivity contribution in [2.24, 2.45) is 0 Å². The van der Waals surface area contributed by atoms with Crippen molar-refractivity contribution in [3.05, 3.63) is 100 Å². The Labute approximate surface area is 197 Å². The van der Waals surface area contributed by atoms with Crippen LogP contribution in [0.25, 0.3) is 0 Å². The van der Waals surface area contributed by atoms with Crippen LogP contribution in [0.3, 0.4) is 0 Å². The molecule has 2 N–H and O–H groups in total. The molecule has 3 aromatic carbocycles. The lowest BCUT2D eigenvalue weighted by Gasteiger charge is -2.23. The van der Waals surface area contributed by atoms with Crippen LogP contribution in [0.1, 0.15) is 46.3 Å². The lowest BCUT2D eigenvalue weighted by atomic mass is 9.96. The van der Waals surface area contributed by atoms with Crippen molar-refractivity contribution >= 4 is 15.9 Å². The average Bonchev–Trinajstić information content (AvgIpc) is 2.76. The number of benzene rings is 3. The average molecular weight is 465 g/mol. The molecular weight excluding hydrogens is 432 g/mol. The quantitative estimate of drug-likeness (QED) is 0.508. The van der Waals surface area contributed by atoms with Gasteiger partial charge in [0.15, 0.2) is 0 Å². The van der Waals surface area contributed by atoms with Gasteiger partial charge in [0.2, 0.25) is 15.9 Å². The van der Waals surface area contributed by atoms with Crippen LogP contribution in [-0.4, -0.2) is 20.4 Å². The van der Waals surface area contributed by atoms with E-state index in [9.17, 15) is 13.2 Å². The maximum atomic E-state index is 13.3. The molecule has 0 aliphatic heterocycles. The summed E-state index contributed by atoms with van der Waals surface area (Å²) >= 11 is 0. The van der Waals surface area contributed by atoms with E-state index in [4.69, 9.17) is 0 Å². The minimum atomic E-state index is -3.87. The van der Waals surface area contributed by atoms with E-state index in [1.165, 1.54) is 5.56 Å². The Morgan fingerprint density at radius 1 is 0.848 bits per heavy atom. The van der Waals surface area contributed by atoms with Crippen molar-refractivity contribution in [2.45, 2.75) is 58.0 Å². The van der Waals surface area contributed by atoms with Gasteiger partial charge in [0.1, 0.15) is 6.04 Å². The molecular formula is C27H32N2O3S. The molecule has 0 radical (unpaired) electrons. The van der Waals surface area contributed by atoms with Crippen molar-refractivity contribution in [3.8, 4) is 0 Å². The number of hydrogen-bond acceptors (Lipinski definition) is 3. The van der Waals surface area contributed by atoms with Gasteiger partial charge < -0.3 is 5.32 Å². The van der Waals surface area contributed by atoms with Gasteiger partial charge in [-0.15, -0.1) is 0 Å². The van der Waals surface area contributed by atoms with Gasteiger partial charge >= 0.3 is 0 Å². The van der Waals surface area contributed by atoms with Crippen LogP contribution in [0.15, 0.2) is 71.6 Å². The van der Waals surface area contributed by atoms with Crippen LogP contribution in [-0.2, 0) is 21.2 Å². The van der Waals surface area contributed by atoms with Crippen molar-refractivity contribution in [1.29, 1.82) is 0 Å². The standard InChI is InChI=1S/C27H32N2O3S/c1-18-11-13-24(14-12-18)33(31,32)29-26(17-23-9-7-6-8-10-23)27(30)28-22(5)25-16-20(3)19(2)15-21(25)4/h6-16,22,26,29H,17H2,1-5H3,(H,28,30). The van der Waals surface area contributed by atoms with Crippen LogP contribution in [0.2, 0.25) is 0 Å². The second kappa shape index (κ2) is 10.3. The fourth-order valence-corrected chi connectivity index (χ4v) is 5.05. The molecule has 0 aliphatic carbocycles. The Hall–Kier alpha value is -2.96. The first kappa shape index (κ1) is 24.7. The van der Waals surface area contributed by atoms with E-state index < -0.39 is 16.1 Å². The largest absolute Gasteiger partial charge is 0.348 e. The third kappa shape index (κ3) is 6.30. The zero-order chi connectivity index (χ0) is 24.2. The van der Waals surface area contributed by atoms with E-state index in [0.29, 0.717) is 0 Å². The summed E-state index contributed by atoms with van der Waals surface area (Å²) in [5.41, 5.74) is 6.29. The lowest BCUT2D eigenvalue weighted by molar-refractivity contribution is -0.123. The van der Waals surface area contributed by atoms with Crippen molar-refractivity contribution < 1.29 is 13.2 Å². The number of hydrogen-bond donors (Lipinski definition) is 2. The monoisotopic (exact) mass is 464 g/mol. The number of sulfonamides is 1. The summed E-state index contributed by atoms with van der Waals surface area (Å²) < 4.78 is 28.7. The number of carbonyl (C=O) groups excluding carboxylic acids is 1. The number of nitrogens with one attached hydrogen (secondary N) is 2. The van der Waals surface area contributed by atoms with Gasteiger partial charge in [-0.2, -0.15) is 4.72 Å². The maximum absolute atomic E-state index is 13.3. The SMILES string of the molecule is Cc1ccc(S(=O)(=O)NC(Cc2ccccc2)C(=O)NC(C)c2cc(C)c(C)cc2C)cc1. The number of amides is 1. The van der Waals surface area contributed by atoms with Crippen LogP contribution in [0.4, 0.5) is 0 Å². The Kier molecular flexibility index (Phi) is 7.72. The predicted molar refractivity (Wildman–Crippen MR) is 133 cm³/mol. The van der Waals surface area contributed by atoms with Gasteiger partial charge in [-0.3, -0.25) is 4.79 Å². The molecule has 3 rings (SSSR count). The normalized spacial score (nSPS) is 13.4. The molecule has 3 aromatic rings. The molecule has 0 aliphatic rings. The zero-order valence-electron chi connectivity index (χ0n) is 19.8. The molecule has 1 amide bonds. The molecule has 6 heteroatoms. The molecule has 0 aromatic heterocycles. The highest BCUT2D eigenvalue weighted by Gasteiger charge is 2.27. The second-order valence-corrected chi connectivity index (χ2v) is 10.4. The van der Waals surface area contributed by atoms with Gasteiger partial charge in [-0.25, -0.2) is 8.42 Å². The summed E-state index contributed by atoms with van der Waals surface area (Å²) in [5, 5.41) is 3.02. The van der Waals surface area contributed by atoms with Crippen LogP contribution < -0.4 is 10.0 Å². The van der Waals surface area contributed by atoms with Crippen molar-refractivity contribution in [2.75, 3.05) is 0 Å². The van der Waals surface area contributed by atoms with Crippen molar-refractivity contribution in [1.82, 2.24) is 10.0 Å². The summed E-state index contributed by atoms with van der Waals surface area (Å²) in [6.45, 7) is 9.94. The van der Waals surface area contributed by atoms with E-state index in [1.54, 1.807) is 24.3 Å². The van der Waals surface area contributed by atoms with Crippen LogP contribution in [0.5, 0.6) is 0 Å². The topological polar surface area (TPSA) is 75.3 Å². The Morgan fingerprint density at radius 3 is 2.09 bits per heavy atom. The molecule has 174 valence electrons. The molecule has 0 bridgehead atoms. The molecule has 2 unspecified atom stereocenters. The first-order valence-electron chi connectivity index (χ1n) is 11.1. The molecule has 0 fully saturated rings. The number of aryl methyl sites for hydroxylation is 4. The predicted octanol–water partition coefficient (Wildman–Crippen LogP) is 4.69. The Bertz CT molecular complexity index is 1220. The number of rotatable bonds is 8. The van der Waals surface area contributed by atoms with Gasteiger partial charge in [0, 0.05) is 0 Å². The van der Waals surface area contributed by atoms with Crippen LogP contribution in [0, 0.1) is 27.7 Å². The maximum Gasteiger partial charge on any atom is 0.241 e. The van der Waals surface area contributed by atoms with E-state index in [2.05, 4.69) is 29.1 Å². The highest BCUT2D eigenvalue weighted by atomic mass is 32.2. The smallest absolute Gasteiger partial charge is 0.241 e. The summed E-state index contributed by atoms with van der Waals surface area (Å²) in [6, 6.07) is 19.0.